The summed E-state index contributed by atoms with van der Waals surface area (Å²) in [5.41, 5.74) is 2.06. The van der Waals surface area contributed by atoms with Gasteiger partial charge in [0.25, 0.3) is 15.9 Å². The maximum atomic E-state index is 12.5. The van der Waals surface area contributed by atoms with E-state index in [0.717, 1.165) is 0 Å². The molecule has 29 heavy (non-hydrogen) atoms. The van der Waals surface area contributed by atoms with Gasteiger partial charge >= 0.3 is 0 Å². The summed E-state index contributed by atoms with van der Waals surface area (Å²) < 4.78 is 37.9. The molecule has 1 heterocycles. The van der Waals surface area contributed by atoms with Crippen molar-refractivity contribution in [2.75, 3.05) is 16.6 Å². The van der Waals surface area contributed by atoms with Gasteiger partial charge in [-0.3, -0.25) is 4.79 Å². The quantitative estimate of drug-likeness (QED) is 0.608. The van der Waals surface area contributed by atoms with Crippen LogP contribution in [0.4, 0.5) is 11.6 Å². The lowest BCUT2D eigenvalue weighted by Gasteiger charge is -2.11. The third-order valence-corrected chi connectivity index (χ3v) is 5.59. The van der Waals surface area contributed by atoms with Gasteiger partial charge in [-0.15, -0.1) is 0 Å². The molecule has 0 saturated heterocycles. The minimum absolute atomic E-state index is 0.0265. The van der Waals surface area contributed by atoms with Crippen molar-refractivity contribution in [3.8, 4) is 5.75 Å². The smallest absolute Gasteiger partial charge is 0.264 e. The Kier molecular flexibility index (Phi) is 5.88. The van der Waals surface area contributed by atoms with Gasteiger partial charge in [0.1, 0.15) is 5.75 Å². The van der Waals surface area contributed by atoms with E-state index in [1.807, 2.05) is 6.92 Å². The Balaban J connectivity index is 1.75. The van der Waals surface area contributed by atoms with Crippen LogP contribution in [0.5, 0.6) is 5.75 Å². The molecule has 0 spiro atoms. The van der Waals surface area contributed by atoms with Crippen molar-refractivity contribution in [1.29, 1.82) is 0 Å². The Labute approximate surface area is 168 Å². The number of rotatable bonds is 7. The van der Waals surface area contributed by atoms with E-state index in [-0.39, 0.29) is 16.7 Å². The summed E-state index contributed by atoms with van der Waals surface area (Å²) >= 11 is 0. The molecule has 9 heteroatoms. The van der Waals surface area contributed by atoms with Crippen molar-refractivity contribution in [2.45, 2.75) is 25.7 Å². The fraction of sp³-hybridized carbons (Fsp3) is 0.200. The van der Waals surface area contributed by atoms with Crippen LogP contribution in [0.15, 0.2) is 57.9 Å². The first kappa shape index (κ1) is 20.4. The van der Waals surface area contributed by atoms with Gasteiger partial charge in [-0.25, -0.2) is 13.1 Å². The third-order valence-electron chi connectivity index (χ3n) is 4.24. The van der Waals surface area contributed by atoms with Crippen LogP contribution >= 0.6 is 0 Å². The van der Waals surface area contributed by atoms with Crippen LogP contribution in [0.25, 0.3) is 0 Å². The van der Waals surface area contributed by atoms with Crippen LogP contribution in [0.3, 0.4) is 0 Å². The number of carbonyl (C=O) groups excluding carboxylic acids is 1. The number of amides is 1. The molecule has 1 aromatic heterocycles. The van der Waals surface area contributed by atoms with Gasteiger partial charge in [0.2, 0.25) is 5.88 Å². The molecule has 0 aliphatic heterocycles. The Morgan fingerprint density at radius 2 is 1.79 bits per heavy atom. The zero-order valence-electron chi connectivity index (χ0n) is 16.2. The van der Waals surface area contributed by atoms with Gasteiger partial charge in [-0.05, 0) is 57.2 Å². The van der Waals surface area contributed by atoms with Crippen LogP contribution in [0.1, 0.15) is 28.5 Å². The lowest BCUT2D eigenvalue weighted by atomic mass is 10.2. The number of sulfonamides is 1. The number of nitrogens with one attached hydrogen (secondary N) is 2. The zero-order valence-corrected chi connectivity index (χ0v) is 17.0. The van der Waals surface area contributed by atoms with Gasteiger partial charge < -0.3 is 14.6 Å². The molecule has 1 amide bonds. The second kappa shape index (κ2) is 8.36. The SMILES string of the molecule is CCOc1ccccc1C(=O)Nc1ccc(S(=O)(=O)Nc2onc(C)c2C)cc1. The number of nitrogens with zero attached hydrogens (tertiary/aromatic N) is 1. The van der Waals surface area contributed by atoms with Gasteiger partial charge in [-0.1, -0.05) is 17.3 Å². The van der Waals surface area contributed by atoms with Crippen LogP contribution in [-0.4, -0.2) is 26.1 Å². The monoisotopic (exact) mass is 415 g/mol. The number of hydrogen-bond donors (Lipinski definition) is 2. The van der Waals surface area contributed by atoms with Crippen molar-refractivity contribution in [1.82, 2.24) is 5.16 Å². The van der Waals surface area contributed by atoms with E-state index in [2.05, 4.69) is 15.2 Å². The molecule has 8 nitrogen and oxygen atoms in total. The first-order chi connectivity index (χ1) is 13.8. The second-order valence-electron chi connectivity index (χ2n) is 6.24. The van der Waals surface area contributed by atoms with Gasteiger partial charge in [0.05, 0.1) is 22.8 Å². The zero-order chi connectivity index (χ0) is 21.0. The highest BCUT2D eigenvalue weighted by molar-refractivity contribution is 7.92. The van der Waals surface area contributed by atoms with E-state index < -0.39 is 10.0 Å². The van der Waals surface area contributed by atoms with Crippen molar-refractivity contribution in [2.24, 2.45) is 0 Å². The minimum atomic E-state index is -3.85. The predicted molar refractivity (Wildman–Crippen MR) is 109 cm³/mol. The summed E-state index contributed by atoms with van der Waals surface area (Å²) in [6, 6.07) is 12.7. The fourth-order valence-electron chi connectivity index (χ4n) is 2.54. The third kappa shape index (κ3) is 4.57. The summed E-state index contributed by atoms with van der Waals surface area (Å²) in [5.74, 6) is 0.205. The molecule has 0 aliphatic carbocycles. The lowest BCUT2D eigenvalue weighted by molar-refractivity contribution is 0.102. The molecule has 0 bridgehead atoms. The van der Waals surface area contributed by atoms with Crippen molar-refractivity contribution in [3.63, 3.8) is 0 Å². The van der Waals surface area contributed by atoms with Gasteiger partial charge in [-0.2, -0.15) is 0 Å². The number of aromatic nitrogens is 1. The van der Waals surface area contributed by atoms with E-state index in [9.17, 15) is 13.2 Å². The Hall–Kier alpha value is -3.33. The Morgan fingerprint density at radius 1 is 1.10 bits per heavy atom. The molecule has 0 atom stereocenters. The molecule has 152 valence electrons. The lowest BCUT2D eigenvalue weighted by Crippen LogP contribution is -2.15. The number of benzene rings is 2. The van der Waals surface area contributed by atoms with E-state index >= 15 is 0 Å². The Bertz CT molecular complexity index is 1120. The normalized spacial score (nSPS) is 11.1. The predicted octanol–water partition coefficient (Wildman–Crippen LogP) is 3.74. The van der Waals surface area contributed by atoms with Crippen LogP contribution in [-0.2, 0) is 10.0 Å². The molecule has 0 fully saturated rings. The molecule has 0 radical (unpaired) electrons. The summed E-state index contributed by atoms with van der Waals surface area (Å²) in [6.07, 6.45) is 0. The first-order valence-corrected chi connectivity index (χ1v) is 10.4. The average molecular weight is 415 g/mol. The molecule has 3 rings (SSSR count). The number of aryl methyl sites for hydroxylation is 1. The topological polar surface area (TPSA) is 111 Å². The summed E-state index contributed by atoms with van der Waals surface area (Å²) in [5, 5.41) is 6.47. The average Bonchev–Trinajstić information content (AvgIpc) is 3.00. The largest absolute Gasteiger partial charge is 0.493 e. The molecule has 0 saturated carbocycles. The minimum Gasteiger partial charge on any atom is -0.493 e. The molecule has 0 unspecified atom stereocenters. The van der Waals surface area contributed by atoms with Crippen molar-refractivity contribution < 1.29 is 22.5 Å². The number of para-hydroxylation sites is 1. The maximum Gasteiger partial charge on any atom is 0.264 e. The highest BCUT2D eigenvalue weighted by Crippen LogP contribution is 2.23. The van der Waals surface area contributed by atoms with E-state index in [1.54, 1.807) is 38.1 Å². The number of carbonyl (C=O) groups is 1. The van der Waals surface area contributed by atoms with E-state index in [4.69, 9.17) is 9.26 Å². The molecule has 2 aromatic carbocycles. The molecular formula is C20H21N3O5S. The molecule has 2 N–H and O–H groups in total. The maximum absolute atomic E-state index is 12.5. The van der Waals surface area contributed by atoms with E-state index in [1.165, 1.54) is 24.3 Å². The molecular weight excluding hydrogens is 394 g/mol. The van der Waals surface area contributed by atoms with E-state index in [0.29, 0.717) is 34.9 Å². The fourth-order valence-corrected chi connectivity index (χ4v) is 3.59. The highest BCUT2D eigenvalue weighted by Gasteiger charge is 2.19. The summed E-state index contributed by atoms with van der Waals surface area (Å²) in [7, 11) is -3.85. The number of anilines is 2. The molecule has 0 aliphatic rings. The standard InChI is InChI=1S/C20H21N3O5S/c1-4-27-18-8-6-5-7-17(18)19(24)21-15-9-11-16(12-10-15)29(25,26)23-20-13(2)14(3)22-28-20/h5-12,23H,4H2,1-3H3,(H,21,24). The van der Waals surface area contributed by atoms with Gasteiger partial charge in [0, 0.05) is 11.3 Å². The van der Waals surface area contributed by atoms with Crippen LogP contribution in [0.2, 0.25) is 0 Å². The van der Waals surface area contributed by atoms with Gasteiger partial charge in [0.15, 0.2) is 0 Å². The van der Waals surface area contributed by atoms with Crippen LogP contribution in [0, 0.1) is 13.8 Å². The molecule has 3 aromatic rings. The number of hydrogen-bond acceptors (Lipinski definition) is 6. The Morgan fingerprint density at radius 3 is 2.41 bits per heavy atom. The first-order valence-electron chi connectivity index (χ1n) is 8.90. The van der Waals surface area contributed by atoms with Crippen LogP contribution < -0.4 is 14.8 Å². The summed E-state index contributed by atoms with van der Waals surface area (Å²) in [4.78, 5) is 12.6. The second-order valence-corrected chi connectivity index (χ2v) is 7.92. The summed E-state index contributed by atoms with van der Waals surface area (Å²) in [6.45, 7) is 5.71. The van der Waals surface area contributed by atoms with Crippen molar-refractivity contribution >= 4 is 27.5 Å². The van der Waals surface area contributed by atoms with Crippen molar-refractivity contribution in [3.05, 3.63) is 65.4 Å². The number of ether oxygens (including phenoxy) is 1. The highest BCUT2D eigenvalue weighted by atomic mass is 32.2.